The number of benzene rings is 1. The fraction of sp³-hybridized carbons (Fsp3) is 0.222. The number of nitrogens with zero attached hydrogens (tertiary/aromatic N) is 1. The van der Waals surface area contributed by atoms with Crippen molar-refractivity contribution in [3.05, 3.63) is 27.8 Å². The van der Waals surface area contributed by atoms with Crippen LogP contribution in [0.4, 0.5) is 11.4 Å². The number of hydrogen-bond donors (Lipinski definition) is 1. The lowest BCUT2D eigenvalue weighted by Gasteiger charge is -2.06. The lowest BCUT2D eigenvalue weighted by Crippen LogP contribution is -2.03. The number of nitrogen functional groups attached to an aromatic ring is 1. The summed E-state index contributed by atoms with van der Waals surface area (Å²) in [5.74, 6) is -0.277. The quantitative estimate of drug-likeness (QED) is 0.352. The van der Waals surface area contributed by atoms with Crippen molar-refractivity contribution in [2.45, 2.75) is 6.92 Å². The molecule has 0 aliphatic carbocycles. The third-order valence-electron chi connectivity index (χ3n) is 1.93. The van der Waals surface area contributed by atoms with Crippen LogP contribution in [0.5, 0.6) is 5.75 Å². The zero-order chi connectivity index (χ0) is 11.6. The molecule has 0 aromatic heterocycles. The van der Waals surface area contributed by atoms with Crippen molar-refractivity contribution >= 4 is 17.2 Å². The van der Waals surface area contributed by atoms with Crippen LogP contribution in [0.3, 0.4) is 0 Å². The zero-order valence-corrected chi connectivity index (χ0v) is 8.31. The number of methoxy groups -OCH3 is 1. The van der Waals surface area contributed by atoms with E-state index in [1.54, 1.807) is 0 Å². The van der Waals surface area contributed by atoms with Crippen molar-refractivity contribution in [1.29, 1.82) is 0 Å². The number of nitro groups is 1. The topological polar surface area (TPSA) is 95.5 Å². The molecule has 80 valence electrons. The van der Waals surface area contributed by atoms with Crippen LogP contribution in [0.25, 0.3) is 0 Å². The Labute approximate surface area is 85.8 Å². The van der Waals surface area contributed by atoms with E-state index in [-0.39, 0.29) is 28.5 Å². The van der Waals surface area contributed by atoms with Gasteiger partial charge in [0.2, 0.25) is 0 Å². The fourth-order valence-corrected chi connectivity index (χ4v) is 1.20. The molecule has 0 fully saturated rings. The van der Waals surface area contributed by atoms with Gasteiger partial charge in [-0.05, 0) is 6.92 Å². The summed E-state index contributed by atoms with van der Waals surface area (Å²) in [6.07, 6.45) is 0. The molecular weight excluding hydrogens is 200 g/mol. The van der Waals surface area contributed by atoms with Gasteiger partial charge in [-0.3, -0.25) is 14.9 Å². The number of ether oxygens (including phenoxy) is 1. The van der Waals surface area contributed by atoms with Crippen molar-refractivity contribution in [2.75, 3.05) is 12.8 Å². The predicted octanol–water partition coefficient (Wildman–Crippen LogP) is 1.39. The average Bonchev–Trinajstić information content (AvgIpc) is 2.16. The minimum Gasteiger partial charge on any atom is -0.490 e. The first-order chi connectivity index (χ1) is 6.97. The second kappa shape index (κ2) is 3.95. The zero-order valence-electron chi connectivity index (χ0n) is 8.31. The first-order valence-electron chi connectivity index (χ1n) is 4.10. The van der Waals surface area contributed by atoms with E-state index in [0.717, 1.165) is 6.07 Å². The maximum absolute atomic E-state index is 11.1. The molecule has 0 saturated heterocycles. The Morgan fingerprint density at radius 3 is 2.53 bits per heavy atom. The van der Waals surface area contributed by atoms with E-state index >= 15 is 0 Å². The maximum atomic E-state index is 11.1. The Kier molecular flexibility index (Phi) is 2.89. The van der Waals surface area contributed by atoms with Gasteiger partial charge in [0, 0.05) is 23.4 Å². The van der Waals surface area contributed by atoms with Crippen molar-refractivity contribution in [1.82, 2.24) is 0 Å². The highest BCUT2D eigenvalue weighted by molar-refractivity contribution is 6.00. The summed E-state index contributed by atoms with van der Waals surface area (Å²) >= 11 is 0. The molecule has 0 aliphatic heterocycles. The summed E-state index contributed by atoms with van der Waals surface area (Å²) < 4.78 is 4.79. The Morgan fingerprint density at radius 2 is 2.13 bits per heavy atom. The molecule has 0 unspecified atom stereocenters. The van der Waals surface area contributed by atoms with Crippen molar-refractivity contribution in [3.63, 3.8) is 0 Å². The number of ketones is 1. The second-order valence-electron chi connectivity index (χ2n) is 2.92. The van der Waals surface area contributed by atoms with E-state index in [1.807, 2.05) is 0 Å². The summed E-state index contributed by atoms with van der Waals surface area (Å²) in [6.45, 7) is 1.29. The van der Waals surface area contributed by atoms with E-state index in [0.29, 0.717) is 0 Å². The van der Waals surface area contributed by atoms with Gasteiger partial charge in [0.15, 0.2) is 11.5 Å². The number of carbonyl (C=O) groups excluding carboxylic acids is 1. The Morgan fingerprint density at radius 1 is 1.53 bits per heavy atom. The van der Waals surface area contributed by atoms with E-state index < -0.39 is 4.92 Å². The lowest BCUT2D eigenvalue weighted by molar-refractivity contribution is -0.385. The Balaban J connectivity index is 3.43. The lowest BCUT2D eigenvalue weighted by atomic mass is 10.1. The molecule has 1 rings (SSSR count). The summed E-state index contributed by atoms with van der Waals surface area (Å²) in [5.41, 5.74) is 5.58. The van der Waals surface area contributed by atoms with Gasteiger partial charge in [0.25, 0.3) is 0 Å². The molecule has 1 aromatic carbocycles. The van der Waals surface area contributed by atoms with Gasteiger partial charge in [-0.15, -0.1) is 0 Å². The second-order valence-corrected chi connectivity index (χ2v) is 2.92. The Bertz CT molecular complexity index is 428. The third kappa shape index (κ3) is 2.04. The highest BCUT2D eigenvalue weighted by Crippen LogP contribution is 2.31. The molecule has 0 spiro atoms. The summed E-state index contributed by atoms with van der Waals surface area (Å²) in [7, 11) is 1.30. The standard InChI is InChI=1S/C9H10N2O4/c1-5(12)6-3-8(11(13)14)9(15-2)4-7(6)10/h3-4H,10H2,1-2H3. The van der Waals surface area contributed by atoms with E-state index in [1.165, 1.54) is 20.1 Å². The third-order valence-corrected chi connectivity index (χ3v) is 1.93. The number of Topliss-reactive ketones (excluding diaryl/α,β-unsaturated/α-hetero) is 1. The highest BCUT2D eigenvalue weighted by Gasteiger charge is 2.19. The molecule has 2 N–H and O–H groups in total. The van der Waals surface area contributed by atoms with Crippen LogP contribution in [0, 0.1) is 10.1 Å². The molecule has 1 aromatic rings. The van der Waals surface area contributed by atoms with E-state index in [4.69, 9.17) is 10.5 Å². The van der Waals surface area contributed by atoms with Crippen LogP contribution in [-0.2, 0) is 0 Å². The predicted molar refractivity (Wildman–Crippen MR) is 54.1 cm³/mol. The maximum Gasteiger partial charge on any atom is 0.311 e. The number of rotatable bonds is 3. The van der Waals surface area contributed by atoms with Gasteiger partial charge in [-0.1, -0.05) is 0 Å². The number of hydrogen-bond acceptors (Lipinski definition) is 5. The molecule has 0 bridgehead atoms. The number of carbonyl (C=O) groups is 1. The van der Waals surface area contributed by atoms with Crippen molar-refractivity contribution in [2.24, 2.45) is 0 Å². The van der Waals surface area contributed by atoms with Gasteiger partial charge >= 0.3 is 5.69 Å². The van der Waals surface area contributed by atoms with E-state index in [2.05, 4.69) is 0 Å². The fourth-order valence-electron chi connectivity index (χ4n) is 1.20. The van der Waals surface area contributed by atoms with Crippen LogP contribution in [0.1, 0.15) is 17.3 Å². The average molecular weight is 210 g/mol. The monoisotopic (exact) mass is 210 g/mol. The minimum absolute atomic E-state index is 0.0440. The summed E-state index contributed by atoms with van der Waals surface area (Å²) in [5, 5.41) is 10.6. The Hall–Kier alpha value is -2.11. The van der Waals surface area contributed by atoms with Gasteiger partial charge in [-0.25, -0.2) is 0 Å². The molecule has 0 atom stereocenters. The minimum atomic E-state index is -0.620. The molecule has 0 amide bonds. The highest BCUT2D eigenvalue weighted by atomic mass is 16.6. The van der Waals surface area contributed by atoms with Crippen LogP contribution < -0.4 is 10.5 Å². The van der Waals surface area contributed by atoms with Crippen LogP contribution in [0.2, 0.25) is 0 Å². The summed E-state index contributed by atoms with van der Waals surface area (Å²) in [4.78, 5) is 21.1. The van der Waals surface area contributed by atoms with Crippen LogP contribution in [-0.4, -0.2) is 17.8 Å². The number of nitro benzene ring substituents is 1. The molecule has 0 aliphatic rings. The van der Waals surface area contributed by atoms with E-state index in [9.17, 15) is 14.9 Å². The molecule has 6 heteroatoms. The molecule has 15 heavy (non-hydrogen) atoms. The number of nitrogens with two attached hydrogens (primary N) is 1. The van der Waals surface area contributed by atoms with Gasteiger partial charge in [0.05, 0.1) is 12.0 Å². The van der Waals surface area contributed by atoms with Crippen LogP contribution >= 0.6 is 0 Å². The first-order valence-corrected chi connectivity index (χ1v) is 4.10. The van der Waals surface area contributed by atoms with Gasteiger partial charge < -0.3 is 10.5 Å². The molecule has 0 heterocycles. The summed E-state index contributed by atoms with van der Waals surface area (Å²) in [6, 6.07) is 2.39. The first kappa shape index (κ1) is 11.0. The van der Waals surface area contributed by atoms with Crippen LogP contribution in [0.15, 0.2) is 12.1 Å². The van der Waals surface area contributed by atoms with Gasteiger partial charge in [-0.2, -0.15) is 0 Å². The smallest absolute Gasteiger partial charge is 0.311 e. The van der Waals surface area contributed by atoms with Crippen molar-refractivity contribution < 1.29 is 14.5 Å². The largest absolute Gasteiger partial charge is 0.490 e. The molecule has 6 nitrogen and oxygen atoms in total. The molecule has 0 radical (unpaired) electrons. The molecule has 0 saturated carbocycles. The normalized spacial score (nSPS) is 9.73. The van der Waals surface area contributed by atoms with Crippen molar-refractivity contribution in [3.8, 4) is 5.75 Å². The molecular formula is C9H10N2O4. The van der Waals surface area contributed by atoms with Gasteiger partial charge in [0.1, 0.15) is 0 Å². The SMILES string of the molecule is COc1cc(N)c(C(C)=O)cc1[N+](=O)[O-]. The number of anilines is 1.